The van der Waals surface area contributed by atoms with Gasteiger partial charge < -0.3 is 10.2 Å². The van der Waals surface area contributed by atoms with Crippen LogP contribution in [0.3, 0.4) is 0 Å². The van der Waals surface area contributed by atoms with E-state index in [2.05, 4.69) is 42.5 Å². The molecule has 0 aliphatic heterocycles. The van der Waals surface area contributed by atoms with Crippen molar-refractivity contribution in [3.63, 3.8) is 0 Å². The van der Waals surface area contributed by atoms with Crippen molar-refractivity contribution in [2.45, 2.75) is 0 Å². The van der Waals surface area contributed by atoms with Crippen LogP contribution in [-0.4, -0.2) is 34.3 Å². The van der Waals surface area contributed by atoms with Gasteiger partial charge in [0.2, 0.25) is 0 Å². The van der Waals surface area contributed by atoms with E-state index in [1.807, 2.05) is 43.1 Å². The molecule has 0 bridgehead atoms. The summed E-state index contributed by atoms with van der Waals surface area (Å²) in [5.41, 5.74) is 4.71. The van der Waals surface area contributed by atoms with Crippen molar-refractivity contribution in [2.24, 2.45) is 0 Å². The molecule has 0 atom stereocenters. The Kier molecular flexibility index (Phi) is 3.62. The van der Waals surface area contributed by atoms with Gasteiger partial charge in [-0.05, 0) is 35.7 Å². The molecule has 0 aliphatic rings. The Hall–Kier alpha value is -2.93. The summed E-state index contributed by atoms with van der Waals surface area (Å²) in [6.07, 6.45) is 1.72. The van der Waals surface area contributed by atoms with Crippen molar-refractivity contribution in [1.29, 1.82) is 0 Å². The summed E-state index contributed by atoms with van der Waals surface area (Å²) >= 11 is 1.63. The van der Waals surface area contributed by atoms with Crippen LogP contribution in [0.5, 0.6) is 0 Å². The number of fused-ring (bicyclic) bond motifs is 1. The molecular formula is C17H16N6S. The lowest BCUT2D eigenvalue weighted by molar-refractivity contribution is 1.11. The third kappa shape index (κ3) is 2.69. The topological polar surface area (TPSA) is 69.7 Å². The van der Waals surface area contributed by atoms with E-state index in [0.717, 1.165) is 33.8 Å². The molecule has 0 saturated carbocycles. The summed E-state index contributed by atoms with van der Waals surface area (Å²) in [7, 11) is 4.04. The van der Waals surface area contributed by atoms with E-state index in [0.29, 0.717) is 5.82 Å². The van der Waals surface area contributed by atoms with Crippen molar-refractivity contribution in [1.82, 2.24) is 20.2 Å². The summed E-state index contributed by atoms with van der Waals surface area (Å²) < 4.78 is 0. The lowest BCUT2D eigenvalue weighted by atomic mass is 10.2. The van der Waals surface area contributed by atoms with E-state index in [4.69, 9.17) is 0 Å². The second-order valence-corrected chi connectivity index (χ2v) is 6.38. The zero-order valence-corrected chi connectivity index (χ0v) is 14.1. The maximum Gasteiger partial charge on any atom is 0.163 e. The van der Waals surface area contributed by atoms with Gasteiger partial charge in [0.25, 0.3) is 0 Å². The van der Waals surface area contributed by atoms with Gasteiger partial charge in [-0.3, -0.25) is 5.10 Å². The fourth-order valence-corrected chi connectivity index (χ4v) is 3.06. The normalized spacial score (nSPS) is 10.9. The fourth-order valence-electron chi connectivity index (χ4n) is 2.43. The Morgan fingerprint density at radius 3 is 2.62 bits per heavy atom. The Morgan fingerprint density at radius 1 is 1.08 bits per heavy atom. The average molecular weight is 336 g/mol. The molecule has 3 heterocycles. The van der Waals surface area contributed by atoms with Crippen LogP contribution < -0.4 is 10.2 Å². The first kappa shape index (κ1) is 14.6. The Bertz CT molecular complexity index is 957. The standard InChI is InChI=1S/C17H16N6S/c1-23(2)13-5-3-12(4-6-13)19-17-15-14(9-18-22-15)20-16(21-17)11-7-8-24-10-11/h3-10H,1-2H3,(H,18,22)(H,19,20,21). The first-order valence-corrected chi connectivity index (χ1v) is 8.43. The lowest BCUT2D eigenvalue weighted by Crippen LogP contribution is -2.08. The zero-order chi connectivity index (χ0) is 16.5. The lowest BCUT2D eigenvalue weighted by Gasteiger charge is -2.13. The number of aromatic nitrogens is 4. The highest BCUT2D eigenvalue weighted by Gasteiger charge is 2.11. The summed E-state index contributed by atoms with van der Waals surface area (Å²) in [5.74, 6) is 1.41. The van der Waals surface area contributed by atoms with Gasteiger partial charge in [0.15, 0.2) is 11.6 Å². The molecule has 0 unspecified atom stereocenters. The summed E-state index contributed by atoms with van der Waals surface area (Å²) in [5, 5.41) is 14.5. The van der Waals surface area contributed by atoms with E-state index in [1.54, 1.807) is 17.5 Å². The van der Waals surface area contributed by atoms with Crippen molar-refractivity contribution in [3.8, 4) is 11.4 Å². The molecule has 1 aromatic carbocycles. The zero-order valence-electron chi connectivity index (χ0n) is 13.3. The first-order chi connectivity index (χ1) is 11.7. The molecule has 0 aliphatic carbocycles. The second-order valence-electron chi connectivity index (χ2n) is 5.60. The highest BCUT2D eigenvalue weighted by atomic mass is 32.1. The number of rotatable bonds is 4. The number of H-pyrrole nitrogens is 1. The van der Waals surface area contributed by atoms with Crippen LogP contribution in [0, 0.1) is 0 Å². The van der Waals surface area contributed by atoms with Gasteiger partial charge in [-0.25, -0.2) is 9.97 Å². The predicted molar refractivity (Wildman–Crippen MR) is 99.0 cm³/mol. The minimum absolute atomic E-state index is 0.692. The maximum absolute atomic E-state index is 4.67. The Balaban J connectivity index is 1.74. The van der Waals surface area contributed by atoms with Crippen molar-refractivity contribution in [3.05, 3.63) is 47.3 Å². The maximum atomic E-state index is 4.67. The van der Waals surface area contributed by atoms with E-state index in [9.17, 15) is 0 Å². The molecular weight excluding hydrogens is 320 g/mol. The average Bonchev–Trinajstić information content (AvgIpc) is 3.27. The summed E-state index contributed by atoms with van der Waals surface area (Å²) in [6, 6.07) is 10.2. The van der Waals surface area contributed by atoms with Crippen molar-refractivity contribution < 1.29 is 0 Å². The minimum Gasteiger partial charge on any atom is -0.378 e. The first-order valence-electron chi connectivity index (χ1n) is 7.49. The van der Waals surface area contributed by atoms with Gasteiger partial charge in [0.05, 0.1) is 6.20 Å². The number of hydrogen-bond donors (Lipinski definition) is 2. The highest BCUT2D eigenvalue weighted by Crippen LogP contribution is 2.27. The number of thiophene rings is 1. The molecule has 0 radical (unpaired) electrons. The van der Waals surface area contributed by atoms with Crippen LogP contribution in [-0.2, 0) is 0 Å². The van der Waals surface area contributed by atoms with Crippen molar-refractivity contribution in [2.75, 3.05) is 24.3 Å². The molecule has 0 amide bonds. The molecule has 7 heteroatoms. The molecule has 0 fully saturated rings. The molecule has 3 aromatic heterocycles. The van der Waals surface area contributed by atoms with Gasteiger partial charge in [0.1, 0.15) is 11.0 Å². The highest BCUT2D eigenvalue weighted by molar-refractivity contribution is 7.08. The van der Waals surface area contributed by atoms with Gasteiger partial charge in [0, 0.05) is 36.4 Å². The number of benzene rings is 1. The SMILES string of the molecule is CN(C)c1ccc(Nc2nc(-c3ccsc3)nc3cn[nH]c23)cc1. The third-order valence-corrected chi connectivity index (χ3v) is 4.41. The van der Waals surface area contributed by atoms with Crippen LogP contribution >= 0.6 is 11.3 Å². The van der Waals surface area contributed by atoms with Gasteiger partial charge in [-0.15, -0.1) is 0 Å². The summed E-state index contributed by atoms with van der Waals surface area (Å²) in [6.45, 7) is 0. The predicted octanol–water partition coefficient (Wildman–Crippen LogP) is 3.89. The van der Waals surface area contributed by atoms with Gasteiger partial charge in [-0.2, -0.15) is 16.4 Å². The molecule has 4 aromatic rings. The number of nitrogens with one attached hydrogen (secondary N) is 2. The smallest absolute Gasteiger partial charge is 0.163 e. The number of aromatic amines is 1. The van der Waals surface area contributed by atoms with Crippen LogP contribution in [0.25, 0.3) is 22.4 Å². The fraction of sp³-hybridized carbons (Fsp3) is 0.118. The molecule has 24 heavy (non-hydrogen) atoms. The van der Waals surface area contributed by atoms with Crippen molar-refractivity contribution >= 4 is 39.6 Å². The number of nitrogens with zero attached hydrogens (tertiary/aromatic N) is 4. The molecule has 2 N–H and O–H groups in total. The minimum atomic E-state index is 0.692. The molecule has 120 valence electrons. The van der Waals surface area contributed by atoms with Crippen LogP contribution in [0.4, 0.5) is 17.2 Å². The molecule has 0 saturated heterocycles. The van der Waals surface area contributed by atoms with Gasteiger partial charge >= 0.3 is 0 Å². The Labute approximate surface area is 143 Å². The molecule has 4 rings (SSSR count). The second kappa shape index (κ2) is 5.93. The van der Waals surface area contributed by atoms with Crippen LogP contribution in [0.2, 0.25) is 0 Å². The van der Waals surface area contributed by atoms with E-state index in [1.165, 1.54) is 0 Å². The van der Waals surface area contributed by atoms with Crippen LogP contribution in [0.1, 0.15) is 0 Å². The van der Waals surface area contributed by atoms with E-state index in [-0.39, 0.29) is 0 Å². The quantitative estimate of drug-likeness (QED) is 0.592. The third-order valence-electron chi connectivity index (χ3n) is 3.73. The largest absolute Gasteiger partial charge is 0.378 e. The number of anilines is 3. The molecule has 0 spiro atoms. The van der Waals surface area contributed by atoms with Crippen LogP contribution in [0.15, 0.2) is 47.3 Å². The Morgan fingerprint density at radius 2 is 1.92 bits per heavy atom. The molecule has 6 nitrogen and oxygen atoms in total. The van der Waals surface area contributed by atoms with E-state index >= 15 is 0 Å². The van der Waals surface area contributed by atoms with Gasteiger partial charge in [-0.1, -0.05) is 0 Å². The van der Waals surface area contributed by atoms with E-state index < -0.39 is 0 Å². The summed E-state index contributed by atoms with van der Waals surface area (Å²) in [4.78, 5) is 11.3. The number of hydrogen-bond acceptors (Lipinski definition) is 6. The monoisotopic (exact) mass is 336 g/mol.